The number of H-pyrrole nitrogens is 1. The van der Waals surface area contributed by atoms with Gasteiger partial charge in [-0.1, -0.05) is 13.3 Å². The van der Waals surface area contributed by atoms with Crippen molar-refractivity contribution in [2.75, 3.05) is 0 Å². The molecule has 1 heterocycles. The summed E-state index contributed by atoms with van der Waals surface area (Å²) in [6, 6.07) is 0. The van der Waals surface area contributed by atoms with Gasteiger partial charge in [0, 0.05) is 0 Å². The van der Waals surface area contributed by atoms with Gasteiger partial charge in [0.2, 0.25) is 9.84 Å². The SMILES string of the molecule is CCCc1nc[nH]c1S(=O)(=O)C(C)[O]. The third-order valence-corrected chi connectivity index (χ3v) is 3.68. The van der Waals surface area contributed by atoms with Gasteiger partial charge in [-0.25, -0.2) is 18.5 Å². The van der Waals surface area contributed by atoms with Crippen LogP contribution in [0.4, 0.5) is 0 Å². The lowest BCUT2D eigenvalue weighted by molar-refractivity contribution is 0.170. The lowest BCUT2D eigenvalue weighted by Crippen LogP contribution is -2.17. The molecule has 0 aliphatic heterocycles. The third-order valence-electron chi connectivity index (χ3n) is 1.89. The van der Waals surface area contributed by atoms with Crippen LogP contribution in [-0.2, 0) is 21.4 Å². The van der Waals surface area contributed by atoms with Gasteiger partial charge in [0.15, 0.2) is 10.5 Å². The molecule has 0 aliphatic carbocycles. The monoisotopic (exact) mass is 217 g/mol. The first-order chi connectivity index (χ1) is 6.50. The maximum atomic E-state index is 11.5. The number of nitrogens with zero attached hydrogens (tertiary/aromatic N) is 1. The van der Waals surface area contributed by atoms with Crippen molar-refractivity contribution in [3.63, 3.8) is 0 Å². The van der Waals surface area contributed by atoms with Crippen molar-refractivity contribution in [2.24, 2.45) is 0 Å². The Morgan fingerprint density at radius 2 is 2.21 bits per heavy atom. The number of sulfone groups is 1. The highest BCUT2D eigenvalue weighted by molar-refractivity contribution is 7.91. The van der Waals surface area contributed by atoms with E-state index in [4.69, 9.17) is 0 Å². The number of aryl methyl sites for hydroxylation is 1. The Labute approximate surface area is 83.1 Å². The zero-order valence-corrected chi connectivity index (χ0v) is 8.97. The smallest absolute Gasteiger partial charge is 0.225 e. The Balaban J connectivity index is 3.13. The molecule has 1 aromatic heterocycles. The fourth-order valence-electron chi connectivity index (χ4n) is 1.14. The second-order valence-electron chi connectivity index (χ2n) is 3.04. The molecule has 1 unspecified atom stereocenters. The average Bonchev–Trinajstić information content (AvgIpc) is 2.53. The predicted molar refractivity (Wildman–Crippen MR) is 49.9 cm³/mol. The van der Waals surface area contributed by atoms with Gasteiger partial charge >= 0.3 is 0 Å². The molecule has 79 valence electrons. The zero-order valence-electron chi connectivity index (χ0n) is 8.15. The molecule has 0 saturated carbocycles. The normalized spacial score (nSPS) is 14.2. The third kappa shape index (κ3) is 1.96. The first-order valence-electron chi connectivity index (χ1n) is 4.42. The Morgan fingerprint density at radius 3 is 2.71 bits per heavy atom. The van der Waals surface area contributed by atoms with E-state index in [1.54, 1.807) is 0 Å². The molecule has 1 aromatic rings. The van der Waals surface area contributed by atoms with Crippen LogP contribution in [0.1, 0.15) is 26.0 Å². The number of hydrogen-bond acceptors (Lipinski definition) is 3. The molecule has 0 saturated heterocycles. The van der Waals surface area contributed by atoms with E-state index in [9.17, 15) is 13.5 Å². The number of rotatable bonds is 4. The molecule has 1 radical (unpaired) electrons. The van der Waals surface area contributed by atoms with Gasteiger partial charge in [0.05, 0.1) is 12.0 Å². The van der Waals surface area contributed by atoms with Gasteiger partial charge in [0.25, 0.3) is 0 Å². The summed E-state index contributed by atoms with van der Waals surface area (Å²) in [5, 5.41) is 10.9. The summed E-state index contributed by atoms with van der Waals surface area (Å²) in [5.41, 5.74) is -1.20. The van der Waals surface area contributed by atoms with Crippen LogP contribution in [-0.4, -0.2) is 23.8 Å². The van der Waals surface area contributed by atoms with Crippen LogP contribution in [0.5, 0.6) is 0 Å². The van der Waals surface area contributed by atoms with Gasteiger partial charge < -0.3 is 4.98 Å². The maximum absolute atomic E-state index is 11.5. The minimum atomic E-state index is -3.76. The van der Waals surface area contributed by atoms with Crippen LogP contribution >= 0.6 is 0 Å². The quantitative estimate of drug-likeness (QED) is 0.813. The highest BCUT2D eigenvalue weighted by Crippen LogP contribution is 2.17. The Kier molecular flexibility index (Phi) is 3.28. The number of aromatic nitrogens is 2. The van der Waals surface area contributed by atoms with Crippen LogP contribution in [0.25, 0.3) is 0 Å². The molecule has 1 rings (SSSR count). The molecular formula is C8H13N2O3S. The minimum Gasteiger partial charge on any atom is -0.335 e. The number of aromatic amines is 1. The van der Waals surface area contributed by atoms with Crippen molar-refractivity contribution in [1.82, 2.24) is 9.97 Å². The summed E-state index contributed by atoms with van der Waals surface area (Å²) in [6.45, 7) is 3.04. The summed E-state index contributed by atoms with van der Waals surface area (Å²) in [7, 11) is -3.76. The fourth-order valence-corrected chi connectivity index (χ4v) is 2.17. The number of imidazole rings is 1. The van der Waals surface area contributed by atoms with Gasteiger partial charge in [-0.2, -0.15) is 0 Å². The summed E-state index contributed by atoms with van der Waals surface area (Å²) in [4.78, 5) is 6.39. The van der Waals surface area contributed by atoms with E-state index in [1.807, 2.05) is 6.92 Å². The Morgan fingerprint density at radius 1 is 1.57 bits per heavy atom. The second-order valence-corrected chi connectivity index (χ2v) is 5.20. The molecule has 0 amide bonds. The lowest BCUT2D eigenvalue weighted by atomic mass is 10.3. The minimum absolute atomic E-state index is 0.0261. The van der Waals surface area contributed by atoms with Crippen LogP contribution < -0.4 is 0 Å². The van der Waals surface area contributed by atoms with Crippen LogP contribution in [0, 0.1) is 0 Å². The van der Waals surface area contributed by atoms with Gasteiger partial charge in [0.1, 0.15) is 0 Å². The lowest BCUT2D eigenvalue weighted by Gasteiger charge is -2.04. The molecule has 0 aromatic carbocycles. The summed E-state index contributed by atoms with van der Waals surface area (Å²) in [5.74, 6) is 0. The van der Waals surface area contributed by atoms with Crippen LogP contribution in [0.3, 0.4) is 0 Å². The molecule has 1 atom stereocenters. The van der Waals surface area contributed by atoms with E-state index in [0.717, 1.165) is 13.3 Å². The standard InChI is InChI=1S/C8H13N2O3S/c1-3-4-7-8(10-5-9-7)14(12,13)6(2)11/h5-6H,3-4H2,1-2H3,(H,9,10). The predicted octanol–water partition coefficient (Wildman–Crippen LogP) is 0.912. The highest BCUT2D eigenvalue weighted by atomic mass is 32.2. The zero-order chi connectivity index (χ0) is 10.8. The van der Waals surface area contributed by atoms with Crippen molar-refractivity contribution in [3.05, 3.63) is 12.0 Å². The summed E-state index contributed by atoms with van der Waals surface area (Å²) in [6.07, 6.45) is 2.66. The molecule has 0 bridgehead atoms. The van der Waals surface area contributed by atoms with Crippen molar-refractivity contribution < 1.29 is 13.5 Å². The van der Waals surface area contributed by atoms with Gasteiger partial charge in [-0.3, -0.25) is 0 Å². The first-order valence-corrected chi connectivity index (χ1v) is 5.96. The summed E-state index contributed by atoms with van der Waals surface area (Å²) >= 11 is 0. The van der Waals surface area contributed by atoms with Gasteiger partial charge in [-0.05, 0) is 13.3 Å². The van der Waals surface area contributed by atoms with E-state index in [2.05, 4.69) is 9.97 Å². The van der Waals surface area contributed by atoms with E-state index < -0.39 is 15.3 Å². The number of nitrogens with one attached hydrogen (secondary N) is 1. The molecule has 14 heavy (non-hydrogen) atoms. The van der Waals surface area contributed by atoms with Crippen molar-refractivity contribution in [1.29, 1.82) is 0 Å². The highest BCUT2D eigenvalue weighted by Gasteiger charge is 2.27. The first kappa shape index (κ1) is 11.2. The number of hydrogen-bond donors (Lipinski definition) is 1. The molecule has 0 spiro atoms. The second kappa shape index (κ2) is 4.10. The van der Waals surface area contributed by atoms with Crippen molar-refractivity contribution >= 4 is 9.84 Å². The molecular weight excluding hydrogens is 204 g/mol. The fraction of sp³-hybridized carbons (Fsp3) is 0.625. The molecule has 0 aliphatic rings. The van der Waals surface area contributed by atoms with E-state index in [0.29, 0.717) is 12.1 Å². The molecule has 5 nitrogen and oxygen atoms in total. The van der Waals surface area contributed by atoms with E-state index in [-0.39, 0.29) is 5.03 Å². The van der Waals surface area contributed by atoms with Crippen molar-refractivity contribution in [3.8, 4) is 0 Å². The van der Waals surface area contributed by atoms with Gasteiger partial charge in [-0.15, -0.1) is 0 Å². The largest absolute Gasteiger partial charge is 0.335 e. The molecule has 6 heteroatoms. The Hall–Kier alpha value is -0.880. The van der Waals surface area contributed by atoms with Crippen LogP contribution in [0.2, 0.25) is 0 Å². The maximum Gasteiger partial charge on any atom is 0.225 e. The average molecular weight is 217 g/mol. The van der Waals surface area contributed by atoms with E-state index in [1.165, 1.54) is 6.33 Å². The topological polar surface area (TPSA) is 82.7 Å². The molecule has 0 fully saturated rings. The Bertz CT molecular complexity index is 394. The molecule has 1 N–H and O–H groups in total. The van der Waals surface area contributed by atoms with Crippen molar-refractivity contribution in [2.45, 2.75) is 37.2 Å². The van der Waals surface area contributed by atoms with Crippen LogP contribution in [0.15, 0.2) is 11.4 Å². The van der Waals surface area contributed by atoms with E-state index >= 15 is 0 Å². The summed E-state index contributed by atoms with van der Waals surface area (Å²) < 4.78 is 23.0.